The molecular weight excluding hydrogens is 453 g/mol. The zero-order chi connectivity index (χ0) is 24.1. The molecule has 180 valence electrons. The van der Waals surface area contributed by atoms with Gasteiger partial charge in [-0.3, -0.25) is 19.4 Å². The van der Waals surface area contributed by atoms with Gasteiger partial charge < -0.3 is 10.1 Å². The Bertz CT molecular complexity index is 1180. The molecule has 1 saturated heterocycles. The molecule has 2 N–H and O–H groups in total. The fraction of sp³-hybridized carbons (Fsp3) is 0.400. The van der Waals surface area contributed by atoms with Crippen LogP contribution in [-0.4, -0.2) is 51.8 Å². The number of carbonyl (C=O) groups excluding carboxylic acids is 1. The summed E-state index contributed by atoms with van der Waals surface area (Å²) in [4.78, 5) is 14.9. The van der Waals surface area contributed by atoms with Crippen LogP contribution in [0, 0.1) is 17.5 Å². The smallest absolute Gasteiger partial charge is 0.222 e. The first-order valence-electron chi connectivity index (χ1n) is 11.5. The minimum atomic E-state index is -0.342. The molecule has 0 unspecified atom stereocenters. The second kappa shape index (κ2) is 10.9. The number of H-pyrrole nitrogens is 1. The molecule has 1 fully saturated rings. The molecule has 1 aromatic heterocycles. The van der Waals surface area contributed by atoms with Crippen LogP contribution < -0.4 is 10.1 Å². The van der Waals surface area contributed by atoms with Gasteiger partial charge >= 0.3 is 0 Å². The molecule has 0 radical (unpaired) electrons. The number of aromatic nitrogens is 3. The summed E-state index contributed by atoms with van der Waals surface area (Å²) in [5.41, 5.74) is 3.05. The van der Waals surface area contributed by atoms with E-state index in [1.807, 2.05) is 41.8 Å². The maximum Gasteiger partial charge on any atom is 0.222 e. The number of amides is 1. The number of nitrogens with one attached hydrogen (secondary N) is 2. The molecule has 0 atom stereocenters. The molecule has 0 saturated carbocycles. The number of halogens is 1. The second-order valence-corrected chi connectivity index (χ2v) is 9.09. The van der Waals surface area contributed by atoms with Crippen LogP contribution in [0.3, 0.4) is 0 Å². The third kappa shape index (κ3) is 5.90. The van der Waals surface area contributed by atoms with Crippen molar-refractivity contribution < 1.29 is 13.9 Å². The maximum atomic E-state index is 13.9. The van der Waals surface area contributed by atoms with Crippen molar-refractivity contribution in [1.29, 1.82) is 0 Å². The Morgan fingerprint density at radius 3 is 2.65 bits per heavy atom. The number of rotatable bonds is 8. The van der Waals surface area contributed by atoms with E-state index in [1.54, 1.807) is 6.07 Å². The molecule has 34 heavy (non-hydrogen) atoms. The topological polar surface area (TPSA) is 75.2 Å². The van der Waals surface area contributed by atoms with Crippen LogP contribution in [0.4, 0.5) is 4.39 Å². The first kappa shape index (κ1) is 24.1. The number of aryl methyl sites for hydroxylation is 1. The summed E-state index contributed by atoms with van der Waals surface area (Å²) in [5.74, 6) is 0.660. The highest BCUT2D eigenvalue weighted by atomic mass is 32.1. The monoisotopic (exact) mass is 483 g/mol. The van der Waals surface area contributed by atoms with E-state index in [0.29, 0.717) is 24.3 Å². The molecular formula is C25H30FN5O2S. The average Bonchev–Trinajstić information content (AvgIpc) is 3.20. The van der Waals surface area contributed by atoms with Crippen LogP contribution in [0.15, 0.2) is 42.5 Å². The lowest BCUT2D eigenvalue weighted by atomic mass is 10.0. The molecule has 1 aliphatic rings. The summed E-state index contributed by atoms with van der Waals surface area (Å²) in [7, 11) is 1.46. The molecule has 1 amide bonds. The van der Waals surface area contributed by atoms with Gasteiger partial charge in [0.25, 0.3) is 0 Å². The van der Waals surface area contributed by atoms with Crippen LogP contribution in [0.25, 0.3) is 11.4 Å². The van der Waals surface area contributed by atoms with Crippen molar-refractivity contribution >= 4 is 18.1 Å². The molecule has 2 heterocycles. The highest BCUT2D eigenvalue weighted by molar-refractivity contribution is 7.71. The molecule has 0 spiro atoms. The maximum absolute atomic E-state index is 13.9. The molecule has 2 aromatic carbocycles. The first-order chi connectivity index (χ1) is 16.4. The van der Waals surface area contributed by atoms with Gasteiger partial charge in [-0.1, -0.05) is 35.9 Å². The highest BCUT2D eigenvalue weighted by Crippen LogP contribution is 2.21. The Balaban J connectivity index is 1.25. The molecule has 3 aromatic rings. The number of nitrogens with zero attached hydrogens (tertiary/aromatic N) is 3. The Morgan fingerprint density at radius 2 is 1.97 bits per heavy atom. The number of piperidine rings is 1. The molecule has 0 aliphatic carbocycles. The van der Waals surface area contributed by atoms with Gasteiger partial charge in [0.15, 0.2) is 22.2 Å². The number of methoxy groups -OCH3 is 1. The molecule has 0 bridgehead atoms. The summed E-state index contributed by atoms with van der Waals surface area (Å²) in [6, 6.07) is 13.3. The van der Waals surface area contributed by atoms with E-state index in [2.05, 4.69) is 20.4 Å². The third-order valence-electron chi connectivity index (χ3n) is 6.21. The quantitative estimate of drug-likeness (QED) is 0.469. The number of hydrogen-bond acceptors (Lipinski definition) is 5. The average molecular weight is 484 g/mol. The van der Waals surface area contributed by atoms with Gasteiger partial charge in [0.05, 0.1) is 7.11 Å². The minimum absolute atomic E-state index is 0.00799. The van der Waals surface area contributed by atoms with E-state index in [1.165, 1.54) is 18.7 Å². The lowest BCUT2D eigenvalue weighted by molar-refractivity contribution is -0.122. The van der Waals surface area contributed by atoms with Gasteiger partial charge in [-0.2, -0.15) is 5.10 Å². The molecule has 7 nitrogen and oxygen atoms in total. The summed E-state index contributed by atoms with van der Waals surface area (Å²) in [6.45, 7) is 4.88. The van der Waals surface area contributed by atoms with Gasteiger partial charge in [0, 0.05) is 44.2 Å². The number of benzene rings is 2. The van der Waals surface area contributed by atoms with E-state index < -0.39 is 0 Å². The van der Waals surface area contributed by atoms with Crippen LogP contribution in [-0.2, 0) is 17.9 Å². The fourth-order valence-corrected chi connectivity index (χ4v) is 4.49. The van der Waals surface area contributed by atoms with Crippen molar-refractivity contribution in [3.05, 3.63) is 64.2 Å². The van der Waals surface area contributed by atoms with Crippen molar-refractivity contribution in [3.8, 4) is 17.1 Å². The van der Waals surface area contributed by atoms with Crippen molar-refractivity contribution in [2.24, 2.45) is 0 Å². The Labute approximate surface area is 203 Å². The lowest BCUT2D eigenvalue weighted by Gasteiger charge is -2.32. The largest absolute Gasteiger partial charge is 0.494 e. The lowest BCUT2D eigenvalue weighted by Crippen LogP contribution is -2.44. The van der Waals surface area contributed by atoms with Crippen LogP contribution >= 0.6 is 12.2 Å². The normalized spacial score (nSPS) is 14.8. The van der Waals surface area contributed by atoms with Crippen molar-refractivity contribution in [1.82, 2.24) is 25.0 Å². The van der Waals surface area contributed by atoms with Gasteiger partial charge in [-0.05, 0) is 49.7 Å². The van der Waals surface area contributed by atoms with E-state index >= 15 is 0 Å². The van der Waals surface area contributed by atoms with E-state index in [9.17, 15) is 9.18 Å². The zero-order valence-corrected chi connectivity index (χ0v) is 20.3. The fourth-order valence-electron chi connectivity index (χ4n) is 4.26. The SMILES string of the molecule is COc1ccc(CN2CCC(NC(=O)CCn3c(-c4ccc(C)cc4)n[nH]c3=S)CC2)cc1F. The summed E-state index contributed by atoms with van der Waals surface area (Å²) in [5, 5.41) is 10.3. The van der Waals surface area contributed by atoms with Crippen molar-refractivity contribution in [2.45, 2.75) is 45.3 Å². The number of aromatic amines is 1. The number of likely N-dealkylation sites (tertiary alicyclic amines) is 1. The first-order valence-corrected chi connectivity index (χ1v) is 11.9. The van der Waals surface area contributed by atoms with Crippen molar-refractivity contribution in [2.75, 3.05) is 20.2 Å². The van der Waals surface area contributed by atoms with E-state index in [0.717, 1.165) is 42.9 Å². The summed E-state index contributed by atoms with van der Waals surface area (Å²) >= 11 is 5.38. The summed E-state index contributed by atoms with van der Waals surface area (Å²) < 4.78 is 21.3. The Hall–Kier alpha value is -3.04. The van der Waals surface area contributed by atoms with Crippen LogP contribution in [0.1, 0.15) is 30.4 Å². The Morgan fingerprint density at radius 1 is 1.24 bits per heavy atom. The van der Waals surface area contributed by atoms with E-state index in [4.69, 9.17) is 17.0 Å². The predicted molar refractivity (Wildman–Crippen MR) is 132 cm³/mol. The zero-order valence-electron chi connectivity index (χ0n) is 19.5. The second-order valence-electron chi connectivity index (χ2n) is 8.71. The predicted octanol–water partition coefficient (Wildman–Crippen LogP) is 4.23. The number of ether oxygens (including phenoxy) is 1. The standard InChI is InChI=1S/C25H30FN5O2S/c1-17-3-6-19(7-4-17)24-28-29-25(34)31(24)14-11-23(32)27-20-9-12-30(13-10-20)16-18-5-8-22(33-2)21(26)15-18/h3-8,15,20H,9-14,16H2,1-2H3,(H,27,32)(H,29,34). The minimum Gasteiger partial charge on any atom is -0.494 e. The Kier molecular flexibility index (Phi) is 7.74. The molecule has 1 aliphatic heterocycles. The van der Waals surface area contributed by atoms with Gasteiger partial charge in [-0.15, -0.1) is 0 Å². The molecule has 9 heteroatoms. The van der Waals surface area contributed by atoms with Crippen molar-refractivity contribution in [3.63, 3.8) is 0 Å². The van der Waals surface area contributed by atoms with Gasteiger partial charge in [0.2, 0.25) is 5.91 Å². The van der Waals surface area contributed by atoms with Gasteiger partial charge in [0.1, 0.15) is 0 Å². The molecule has 4 rings (SSSR count). The van der Waals surface area contributed by atoms with E-state index in [-0.39, 0.29) is 23.5 Å². The third-order valence-corrected chi connectivity index (χ3v) is 6.52. The van der Waals surface area contributed by atoms with Crippen LogP contribution in [0.5, 0.6) is 5.75 Å². The summed E-state index contributed by atoms with van der Waals surface area (Å²) in [6.07, 6.45) is 2.06. The highest BCUT2D eigenvalue weighted by Gasteiger charge is 2.21. The van der Waals surface area contributed by atoms with Gasteiger partial charge in [-0.25, -0.2) is 4.39 Å². The number of carbonyl (C=O) groups is 1. The number of hydrogen-bond donors (Lipinski definition) is 2. The van der Waals surface area contributed by atoms with Crippen LogP contribution in [0.2, 0.25) is 0 Å².